The van der Waals surface area contributed by atoms with Gasteiger partial charge in [-0.15, -0.1) is 0 Å². The van der Waals surface area contributed by atoms with Crippen LogP contribution in [0.25, 0.3) is 5.69 Å². The van der Waals surface area contributed by atoms with E-state index in [1.807, 2.05) is 0 Å². The van der Waals surface area contributed by atoms with Gasteiger partial charge in [-0.05, 0) is 18.2 Å². The molecule has 20 heavy (non-hydrogen) atoms. The van der Waals surface area contributed by atoms with Crippen LogP contribution in [0.15, 0.2) is 30.5 Å². The topological polar surface area (TPSA) is 70.1 Å². The Morgan fingerprint density at radius 3 is 2.65 bits per heavy atom. The van der Waals surface area contributed by atoms with Crippen molar-refractivity contribution in [1.82, 2.24) is 9.78 Å². The van der Waals surface area contributed by atoms with Crippen LogP contribution in [0.2, 0.25) is 0 Å². The van der Waals surface area contributed by atoms with Crippen molar-refractivity contribution >= 4 is 11.7 Å². The Morgan fingerprint density at radius 1 is 1.40 bits per heavy atom. The van der Waals surface area contributed by atoms with E-state index in [0.717, 1.165) is 13.3 Å². The first-order chi connectivity index (χ1) is 9.34. The van der Waals surface area contributed by atoms with E-state index in [9.17, 15) is 18.0 Å². The lowest BCUT2D eigenvalue weighted by molar-refractivity contribution is -0.143. The molecule has 0 bridgehead atoms. The molecule has 8 heteroatoms. The Hall–Kier alpha value is -2.51. The highest BCUT2D eigenvalue weighted by Gasteiger charge is 2.40. The molecule has 0 unspecified atom stereocenters. The van der Waals surface area contributed by atoms with Gasteiger partial charge in [0, 0.05) is 5.69 Å². The number of hydrogen-bond donors (Lipinski definition) is 1. The molecule has 0 aliphatic rings. The van der Waals surface area contributed by atoms with E-state index in [4.69, 9.17) is 5.73 Å². The lowest BCUT2D eigenvalue weighted by Gasteiger charge is -2.12. The van der Waals surface area contributed by atoms with E-state index in [1.165, 1.54) is 24.3 Å². The van der Waals surface area contributed by atoms with E-state index >= 15 is 0 Å². The first-order valence-corrected chi connectivity index (χ1v) is 5.44. The van der Waals surface area contributed by atoms with Crippen LogP contribution in [0.3, 0.4) is 0 Å². The third-order valence-electron chi connectivity index (χ3n) is 2.56. The zero-order valence-corrected chi connectivity index (χ0v) is 10.3. The van der Waals surface area contributed by atoms with Crippen LogP contribution < -0.4 is 5.73 Å². The number of rotatable bonds is 2. The molecule has 0 atom stereocenters. The number of methoxy groups -OCH3 is 1. The molecule has 0 radical (unpaired) electrons. The fourth-order valence-corrected chi connectivity index (χ4v) is 1.73. The van der Waals surface area contributed by atoms with Crippen LogP contribution in [0.1, 0.15) is 16.1 Å². The molecule has 5 nitrogen and oxygen atoms in total. The van der Waals surface area contributed by atoms with Gasteiger partial charge in [0.15, 0.2) is 5.69 Å². The minimum atomic E-state index is -4.76. The highest BCUT2D eigenvalue weighted by atomic mass is 19.4. The third-order valence-corrected chi connectivity index (χ3v) is 2.56. The minimum absolute atomic E-state index is 0.104. The summed E-state index contributed by atoms with van der Waals surface area (Å²) in [5.41, 5.74) is 4.07. The molecular formula is C12H10F3N3O2. The normalized spacial score (nSPS) is 11.4. The Kier molecular flexibility index (Phi) is 3.39. The van der Waals surface area contributed by atoms with Crippen LogP contribution >= 0.6 is 0 Å². The summed E-state index contributed by atoms with van der Waals surface area (Å²) in [4.78, 5) is 11.4. The Balaban J connectivity index is 2.66. The number of anilines is 1. The fraction of sp³-hybridized carbons (Fsp3) is 0.167. The van der Waals surface area contributed by atoms with Gasteiger partial charge in [-0.2, -0.15) is 18.3 Å². The summed E-state index contributed by atoms with van der Waals surface area (Å²) < 4.78 is 44.3. The molecule has 2 rings (SSSR count). The number of nitrogens with two attached hydrogens (primary N) is 1. The number of nitrogen functional groups attached to an aromatic ring is 1. The van der Waals surface area contributed by atoms with Crippen molar-refractivity contribution < 1.29 is 22.7 Å². The molecule has 0 fully saturated rings. The summed E-state index contributed by atoms with van der Waals surface area (Å²) in [5.74, 6) is -1.10. The van der Waals surface area contributed by atoms with Gasteiger partial charge in [0.25, 0.3) is 0 Å². The van der Waals surface area contributed by atoms with Crippen molar-refractivity contribution in [2.45, 2.75) is 6.18 Å². The molecule has 2 N–H and O–H groups in total. The standard InChI is InChI=1S/C12H10F3N3O2/c1-20-11(19)9-6-17-18(10(9)12(13,14)15)8-4-2-3-7(16)5-8/h2-6H,16H2,1H3. The average molecular weight is 285 g/mol. The zero-order chi connectivity index (χ0) is 14.9. The summed E-state index contributed by atoms with van der Waals surface area (Å²) in [6.45, 7) is 0. The van der Waals surface area contributed by atoms with E-state index in [1.54, 1.807) is 0 Å². The van der Waals surface area contributed by atoms with Crippen LogP contribution in [0.5, 0.6) is 0 Å². The molecule has 0 aliphatic carbocycles. The number of esters is 1. The molecule has 0 saturated carbocycles. The smallest absolute Gasteiger partial charge is 0.434 e. The second-order valence-corrected chi connectivity index (χ2v) is 3.90. The molecule has 0 amide bonds. The first-order valence-electron chi connectivity index (χ1n) is 5.44. The molecule has 1 heterocycles. The lowest BCUT2D eigenvalue weighted by atomic mass is 10.2. The van der Waals surface area contributed by atoms with Gasteiger partial charge in [-0.1, -0.05) is 6.07 Å². The Bertz CT molecular complexity index is 650. The predicted molar refractivity (Wildman–Crippen MR) is 64.3 cm³/mol. The van der Waals surface area contributed by atoms with Crippen molar-refractivity contribution in [2.24, 2.45) is 0 Å². The van der Waals surface area contributed by atoms with Gasteiger partial charge >= 0.3 is 12.1 Å². The van der Waals surface area contributed by atoms with Crippen LogP contribution in [0.4, 0.5) is 18.9 Å². The molecule has 0 spiro atoms. The average Bonchev–Trinajstić information content (AvgIpc) is 2.82. The van der Waals surface area contributed by atoms with Crippen molar-refractivity contribution in [3.8, 4) is 5.69 Å². The van der Waals surface area contributed by atoms with Crippen LogP contribution in [0, 0.1) is 0 Å². The minimum Gasteiger partial charge on any atom is -0.465 e. The van der Waals surface area contributed by atoms with E-state index in [0.29, 0.717) is 4.68 Å². The Morgan fingerprint density at radius 2 is 2.10 bits per heavy atom. The maximum absolute atomic E-state index is 13.1. The quantitative estimate of drug-likeness (QED) is 0.678. The molecular weight excluding hydrogens is 275 g/mol. The predicted octanol–water partition coefficient (Wildman–Crippen LogP) is 2.26. The van der Waals surface area contributed by atoms with E-state index in [-0.39, 0.29) is 11.4 Å². The van der Waals surface area contributed by atoms with Gasteiger partial charge in [0.05, 0.1) is 19.0 Å². The monoisotopic (exact) mass is 285 g/mol. The van der Waals surface area contributed by atoms with Gasteiger partial charge in [0.1, 0.15) is 5.56 Å². The van der Waals surface area contributed by atoms with Gasteiger partial charge < -0.3 is 10.5 Å². The number of nitrogens with zero attached hydrogens (tertiary/aromatic N) is 2. The number of aromatic nitrogens is 2. The number of ether oxygens (including phenoxy) is 1. The number of alkyl halides is 3. The molecule has 1 aromatic carbocycles. The van der Waals surface area contributed by atoms with E-state index in [2.05, 4.69) is 9.84 Å². The fourth-order valence-electron chi connectivity index (χ4n) is 1.73. The van der Waals surface area contributed by atoms with Crippen LogP contribution in [-0.2, 0) is 10.9 Å². The second kappa shape index (κ2) is 4.87. The zero-order valence-electron chi connectivity index (χ0n) is 10.3. The number of hydrogen-bond acceptors (Lipinski definition) is 4. The number of benzene rings is 1. The molecule has 0 saturated heterocycles. The highest BCUT2D eigenvalue weighted by molar-refractivity contribution is 5.90. The second-order valence-electron chi connectivity index (χ2n) is 3.90. The summed E-state index contributed by atoms with van der Waals surface area (Å²) in [6.07, 6.45) is -3.94. The van der Waals surface area contributed by atoms with Gasteiger partial charge in [0.2, 0.25) is 0 Å². The third kappa shape index (κ3) is 2.44. The summed E-state index contributed by atoms with van der Waals surface area (Å²) in [7, 11) is 1.00. The molecule has 0 aliphatic heterocycles. The Labute approximate surface area is 111 Å². The van der Waals surface area contributed by atoms with Crippen LogP contribution in [-0.4, -0.2) is 22.9 Å². The van der Waals surface area contributed by atoms with Crippen molar-refractivity contribution in [2.75, 3.05) is 12.8 Å². The van der Waals surface area contributed by atoms with Crippen molar-refractivity contribution in [3.63, 3.8) is 0 Å². The summed E-state index contributed by atoms with van der Waals surface area (Å²) in [5, 5.41) is 3.60. The maximum atomic E-state index is 13.1. The number of carbonyl (C=O) groups is 1. The lowest BCUT2D eigenvalue weighted by Crippen LogP contribution is -2.18. The number of halogens is 3. The highest BCUT2D eigenvalue weighted by Crippen LogP contribution is 2.34. The van der Waals surface area contributed by atoms with Crippen molar-refractivity contribution in [1.29, 1.82) is 0 Å². The largest absolute Gasteiger partial charge is 0.465 e. The molecule has 2 aromatic rings. The van der Waals surface area contributed by atoms with Gasteiger partial charge in [-0.25, -0.2) is 9.48 Å². The van der Waals surface area contributed by atoms with E-state index < -0.39 is 23.4 Å². The number of carbonyl (C=O) groups excluding carboxylic acids is 1. The first kappa shape index (κ1) is 13.9. The summed E-state index contributed by atoms with van der Waals surface area (Å²) in [6, 6.07) is 5.74. The van der Waals surface area contributed by atoms with Gasteiger partial charge in [-0.3, -0.25) is 0 Å². The SMILES string of the molecule is COC(=O)c1cnn(-c2cccc(N)c2)c1C(F)(F)F. The molecule has 1 aromatic heterocycles. The maximum Gasteiger partial charge on any atom is 0.434 e. The molecule has 106 valence electrons. The summed E-state index contributed by atoms with van der Waals surface area (Å²) >= 11 is 0. The van der Waals surface area contributed by atoms with Crippen molar-refractivity contribution in [3.05, 3.63) is 41.7 Å².